The average Bonchev–Trinajstić information content (AvgIpc) is 2.87. The number of methoxy groups -OCH3 is 1. The molecule has 1 aliphatic carbocycles. The first-order valence-corrected chi connectivity index (χ1v) is 9.62. The average molecular weight is 387 g/mol. The molecular weight excluding hydrogens is 358 g/mol. The highest BCUT2D eigenvalue weighted by atomic mass is 16.5. The Hall–Kier alpha value is -2.50. The van der Waals surface area contributed by atoms with Crippen molar-refractivity contribution in [3.05, 3.63) is 29.8 Å². The van der Waals surface area contributed by atoms with Crippen LogP contribution in [0.4, 0.5) is 0 Å². The number of esters is 1. The molecule has 152 valence electrons. The third-order valence-corrected chi connectivity index (χ3v) is 5.69. The fourth-order valence-corrected chi connectivity index (χ4v) is 4.98. The number of carbonyl (C=O) groups excluding carboxylic acids is 2. The third-order valence-electron chi connectivity index (χ3n) is 5.69. The molecule has 1 N–H and O–H groups in total. The van der Waals surface area contributed by atoms with Crippen LogP contribution in [0.5, 0.6) is 11.5 Å². The molecule has 1 heterocycles. The van der Waals surface area contributed by atoms with Gasteiger partial charge in [0.25, 0.3) is 5.91 Å². The number of carbonyl (C=O) groups is 2. The fraction of sp³-hybridized carbons (Fsp3) is 0.545. The Morgan fingerprint density at radius 2 is 2.04 bits per heavy atom. The standard InChI is InChI=1S/C22H29NO5/c1-21(2)10-16-11-22(3,13-21)14-23(16)19(25)12-28-20(26)8-6-15-5-7-17(24)18(9-15)27-4/h5-9,16,24H,10-14H2,1-4H3/b8-6+/t16-,22+/m1/s1. The number of phenols is 1. The smallest absolute Gasteiger partial charge is 0.331 e. The second kappa shape index (κ2) is 7.49. The molecule has 2 atom stereocenters. The first kappa shape index (κ1) is 20.2. The molecule has 2 fully saturated rings. The van der Waals surface area contributed by atoms with Crippen LogP contribution in [0.1, 0.15) is 45.6 Å². The second-order valence-corrected chi connectivity index (χ2v) is 9.11. The molecule has 6 heteroatoms. The van der Waals surface area contributed by atoms with Gasteiger partial charge in [0.05, 0.1) is 7.11 Å². The topological polar surface area (TPSA) is 76.1 Å². The zero-order valence-electron chi connectivity index (χ0n) is 17.0. The molecule has 1 aliphatic heterocycles. The molecule has 6 nitrogen and oxygen atoms in total. The van der Waals surface area contributed by atoms with Gasteiger partial charge in [-0.2, -0.15) is 0 Å². The molecule has 0 spiro atoms. The second-order valence-electron chi connectivity index (χ2n) is 9.11. The van der Waals surface area contributed by atoms with Crippen molar-refractivity contribution < 1.29 is 24.2 Å². The van der Waals surface area contributed by atoms with Crippen molar-refractivity contribution in [3.8, 4) is 11.5 Å². The molecule has 2 aliphatic rings. The molecule has 2 bridgehead atoms. The van der Waals surface area contributed by atoms with Gasteiger partial charge in [-0.25, -0.2) is 4.79 Å². The normalized spacial score (nSPS) is 25.7. The van der Waals surface area contributed by atoms with E-state index in [1.54, 1.807) is 18.2 Å². The minimum atomic E-state index is -0.575. The highest BCUT2D eigenvalue weighted by Gasteiger charge is 2.50. The molecule has 1 amide bonds. The highest BCUT2D eigenvalue weighted by molar-refractivity contribution is 5.89. The number of nitrogens with zero attached hydrogens (tertiary/aromatic N) is 1. The predicted octanol–water partition coefficient (Wildman–Crippen LogP) is 3.38. The number of hydrogen-bond acceptors (Lipinski definition) is 5. The predicted molar refractivity (Wildman–Crippen MR) is 106 cm³/mol. The van der Waals surface area contributed by atoms with Gasteiger partial charge in [0.2, 0.25) is 0 Å². The van der Waals surface area contributed by atoms with E-state index in [9.17, 15) is 14.7 Å². The molecule has 28 heavy (non-hydrogen) atoms. The Morgan fingerprint density at radius 1 is 1.29 bits per heavy atom. The minimum absolute atomic E-state index is 0.0283. The lowest BCUT2D eigenvalue weighted by Crippen LogP contribution is -2.39. The maximum Gasteiger partial charge on any atom is 0.331 e. The number of benzene rings is 1. The molecule has 1 aromatic carbocycles. The van der Waals surface area contributed by atoms with Crippen LogP contribution in [0.3, 0.4) is 0 Å². The van der Waals surface area contributed by atoms with E-state index in [0.717, 1.165) is 25.8 Å². The molecule has 0 radical (unpaired) electrons. The summed E-state index contributed by atoms with van der Waals surface area (Å²) in [6.45, 7) is 7.26. The summed E-state index contributed by atoms with van der Waals surface area (Å²) in [5.41, 5.74) is 1.07. The highest BCUT2D eigenvalue weighted by Crippen LogP contribution is 2.52. The Balaban J connectivity index is 1.54. The van der Waals surface area contributed by atoms with Crippen LogP contribution in [0.15, 0.2) is 24.3 Å². The molecule has 3 rings (SSSR count). The number of likely N-dealkylation sites (tertiary alicyclic amines) is 1. The molecule has 1 aromatic rings. The lowest BCUT2D eigenvalue weighted by molar-refractivity contribution is -0.148. The molecule has 0 unspecified atom stereocenters. The molecule has 0 aromatic heterocycles. The van der Waals surface area contributed by atoms with E-state index in [0.29, 0.717) is 11.3 Å². The summed E-state index contributed by atoms with van der Waals surface area (Å²) in [5, 5.41) is 9.59. The Labute approximate surface area is 166 Å². The zero-order chi connectivity index (χ0) is 20.5. The lowest BCUT2D eigenvalue weighted by atomic mass is 9.65. The molecule has 1 saturated carbocycles. The van der Waals surface area contributed by atoms with Gasteiger partial charge in [0.1, 0.15) is 0 Å². The van der Waals surface area contributed by atoms with Crippen LogP contribution >= 0.6 is 0 Å². The number of rotatable bonds is 5. The summed E-state index contributed by atoms with van der Waals surface area (Å²) in [6.07, 6.45) is 5.95. The van der Waals surface area contributed by atoms with Crippen LogP contribution in [0, 0.1) is 10.8 Å². The van der Waals surface area contributed by atoms with Gasteiger partial charge in [0, 0.05) is 18.7 Å². The van der Waals surface area contributed by atoms with Gasteiger partial charge in [0.15, 0.2) is 18.1 Å². The summed E-state index contributed by atoms with van der Waals surface area (Å²) >= 11 is 0. The zero-order valence-corrected chi connectivity index (χ0v) is 17.0. The Morgan fingerprint density at radius 3 is 2.75 bits per heavy atom. The summed E-state index contributed by atoms with van der Waals surface area (Å²) in [5.74, 6) is -0.351. The number of hydrogen-bond donors (Lipinski definition) is 1. The van der Waals surface area contributed by atoms with Crippen molar-refractivity contribution >= 4 is 18.0 Å². The van der Waals surface area contributed by atoms with Crippen molar-refractivity contribution in [2.45, 2.75) is 46.1 Å². The molecular formula is C22H29NO5. The minimum Gasteiger partial charge on any atom is -0.504 e. The van der Waals surface area contributed by atoms with E-state index < -0.39 is 5.97 Å². The van der Waals surface area contributed by atoms with E-state index >= 15 is 0 Å². The third kappa shape index (κ3) is 4.49. The molecule has 1 saturated heterocycles. The van der Waals surface area contributed by atoms with Gasteiger partial charge >= 0.3 is 5.97 Å². The lowest BCUT2D eigenvalue weighted by Gasteiger charge is -2.39. The van der Waals surface area contributed by atoms with Gasteiger partial charge in [-0.1, -0.05) is 26.8 Å². The van der Waals surface area contributed by atoms with Crippen molar-refractivity contribution in [3.63, 3.8) is 0 Å². The quantitative estimate of drug-likeness (QED) is 0.619. The van der Waals surface area contributed by atoms with Crippen molar-refractivity contribution in [1.82, 2.24) is 4.90 Å². The first-order valence-electron chi connectivity index (χ1n) is 9.62. The number of phenolic OH excluding ortho intramolecular Hbond substituents is 1. The van der Waals surface area contributed by atoms with Crippen molar-refractivity contribution in [1.29, 1.82) is 0 Å². The maximum atomic E-state index is 12.6. The van der Waals surface area contributed by atoms with E-state index in [2.05, 4.69) is 20.8 Å². The Bertz CT molecular complexity index is 800. The largest absolute Gasteiger partial charge is 0.504 e. The fourth-order valence-electron chi connectivity index (χ4n) is 4.98. The maximum absolute atomic E-state index is 12.6. The number of amides is 1. The van der Waals surface area contributed by atoms with Crippen LogP contribution in [0.25, 0.3) is 6.08 Å². The summed E-state index contributed by atoms with van der Waals surface area (Å²) in [6, 6.07) is 4.98. The first-order chi connectivity index (χ1) is 13.1. The van der Waals surface area contributed by atoms with E-state index in [-0.39, 0.29) is 35.1 Å². The van der Waals surface area contributed by atoms with Crippen LogP contribution in [-0.4, -0.2) is 48.2 Å². The summed E-state index contributed by atoms with van der Waals surface area (Å²) in [7, 11) is 1.46. The number of ether oxygens (including phenoxy) is 2. The van der Waals surface area contributed by atoms with Crippen LogP contribution in [0.2, 0.25) is 0 Å². The van der Waals surface area contributed by atoms with E-state index in [4.69, 9.17) is 9.47 Å². The van der Waals surface area contributed by atoms with E-state index in [1.165, 1.54) is 19.3 Å². The van der Waals surface area contributed by atoms with Crippen LogP contribution < -0.4 is 4.74 Å². The number of fused-ring (bicyclic) bond motifs is 2. The van der Waals surface area contributed by atoms with Crippen molar-refractivity contribution in [2.75, 3.05) is 20.3 Å². The van der Waals surface area contributed by atoms with Crippen molar-refractivity contribution in [2.24, 2.45) is 10.8 Å². The SMILES string of the molecule is COc1cc(/C=C/C(=O)OCC(=O)N2C[C@@]3(C)C[C@H]2CC(C)(C)C3)ccc1O. The Kier molecular flexibility index (Phi) is 5.41. The number of aromatic hydroxyl groups is 1. The summed E-state index contributed by atoms with van der Waals surface area (Å²) in [4.78, 5) is 26.5. The van der Waals surface area contributed by atoms with Gasteiger partial charge in [-0.15, -0.1) is 0 Å². The van der Waals surface area contributed by atoms with Gasteiger partial charge < -0.3 is 19.5 Å². The van der Waals surface area contributed by atoms with E-state index in [1.807, 2.05) is 4.90 Å². The van der Waals surface area contributed by atoms with Gasteiger partial charge in [-0.3, -0.25) is 4.79 Å². The van der Waals surface area contributed by atoms with Crippen LogP contribution in [-0.2, 0) is 14.3 Å². The summed E-state index contributed by atoms with van der Waals surface area (Å²) < 4.78 is 10.2. The monoisotopic (exact) mass is 387 g/mol. The van der Waals surface area contributed by atoms with Gasteiger partial charge in [-0.05, 0) is 53.9 Å².